The van der Waals surface area contributed by atoms with Gasteiger partial charge in [-0.3, -0.25) is 10.7 Å². The van der Waals surface area contributed by atoms with E-state index in [1.165, 1.54) is 12.1 Å². The Kier molecular flexibility index (Phi) is 8.61. The number of hydrogen-bond donors (Lipinski definition) is 2. The van der Waals surface area contributed by atoms with E-state index >= 15 is 0 Å². The summed E-state index contributed by atoms with van der Waals surface area (Å²) in [5.74, 6) is 0.0645. The summed E-state index contributed by atoms with van der Waals surface area (Å²) in [6.45, 7) is 8.85. The van der Waals surface area contributed by atoms with Gasteiger partial charge in [-0.2, -0.15) is 0 Å². The molecule has 0 fully saturated rings. The number of halogens is 2. The van der Waals surface area contributed by atoms with Crippen LogP contribution in [0.4, 0.5) is 8.78 Å². The predicted octanol–water partition coefficient (Wildman–Crippen LogP) is 4.78. The van der Waals surface area contributed by atoms with E-state index in [0.717, 1.165) is 31.5 Å². The van der Waals surface area contributed by atoms with E-state index in [0.29, 0.717) is 29.0 Å². The summed E-state index contributed by atoms with van der Waals surface area (Å²) in [4.78, 5) is 2.17. The molecule has 0 spiro atoms. The Morgan fingerprint density at radius 1 is 1.10 bits per heavy atom. The van der Waals surface area contributed by atoms with Crippen molar-refractivity contribution in [1.82, 2.24) is 10.4 Å². The molecule has 0 aliphatic heterocycles. The first-order valence-corrected chi connectivity index (χ1v) is 9.75. The first kappa shape index (κ1) is 22.8. The number of hydroxylamine groups is 1. The lowest BCUT2D eigenvalue weighted by atomic mass is 10.1. The maximum atomic E-state index is 13.4. The first-order chi connectivity index (χ1) is 13.8. The lowest BCUT2D eigenvalue weighted by Gasteiger charge is -2.24. The van der Waals surface area contributed by atoms with Crippen molar-refractivity contribution < 1.29 is 18.7 Å². The Bertz CT molecular complexity index is 827. The highest BCUT2D eigenvalue weighted by Gasteiger charge is 2.16. The summed E-state index contributed by atoms with van der Waals surface area (Å²) in [6, 6.07) is 9.78. The molecule has 6 heteroatoms. The summed E-state index contributed by atoms with van der Waals surface area (Å²) in [5, 5.41) is 9.23. The van der Waals surface area contributed by atoms with E-state index in [2.05, 4.69) is 17.0 Å². The van der Waals surface area contributed by atoms with Gasteiger partial charge in [0, 0.05) is 13.0 Å². The molecule has 0 bridgehead atoms. The van der Waals surface area contributed by atoms with Gasteiger partial charge in [0.2, 0.25) is 0 Å². The second-order valence-corrected chi connectivity index (χ2v) is 7.43. The Labute approximate surface area is 171 Å². The third kappa shape index (κ3) is 7.15. The average molecular weight is 405 g/mol. The molecule has 2 rings (SSSR count). The molecule has 29 heavy (non-hydrogen) atoms. The highest BCUT2D eigenvalue weighted by Crippen LogP contribution is 2.20. The van der Waals surface area contributed by atoms with Crippen LogP contribution in [0.5, 0.6) is 5.75 Å². The maximum Gasteiger partial charge on any atom is 0.141 e. The lowest BCUT2D eigenvalue weighted by Crippen LogP contribution is -2.32. The van der Waals surface area contributed by atoms with Crippen molar-refractivity contribution in [3.8, 4) is 5.75 Å². The zero-order chi connectivity index (χ0) is 21.4. The smallest absolute Gasteiger partial charge is 0.141 e. The molecule has 0 saturated carbocycles. The topological polar surface area (TPSA) is 44.7 Å². The fourth-order valence-corrected chi connectivity index (χ4v) is 3.10. The molecule has 1 atom stereocenters. The van der Waals surface area contributed by atoms with Gasteiger partial charge in [0.25, 0.3) is 0 Å². The van der Waals surface area contributed by atoms with E-state index in [9.17, 15) is 14.0 Å². The van der Waals surface area contributed by atoms with Crippen molar-refractivity contribution in [1.29, 1.82) is 0 Å². The van der Waals surface area contributed by atoms with Crippen LogP contribution in [0.25, 0.3) is 0 Å². The standard InChI is InChI=1S/C23H30F2N2O2/c1-16-14-19(7-9-21(16)24)6-5-12-27(4)13-11-23(18(3)26-28)29-20-8-10-22(25)17(2)15-20/h7-10,14-15,23,26,28H,3,5-6,11-13H2,1-2,4H3/t23-/m1/s1. The van der Waals surface area contributed by atoms with Crippen LogP contribution in [0.15, 0.2) is 48.7 Å². The molecule has 0 heterocycles. The van der Waals surface area contributed by atoms with Crippen molar-refractivity contribution >= 4 is 0 Å². The fraction of sp³-hybridized carbons (Fsp3) is 0.391. The largest absolute Gasteiger partial charge is 0.484 e. The maximum absolute atomic E-state index is 13.4. The molecule has 0 aliphatic carbocycles. The van der Waals surface area contributed by atoms with Crippen molar-refractivity contribution in [3.05, 3.63) is 77.0 Å². The molecule has 0 amide bonds. The third-order valence-electron chi connectivity index (χ3n) is 4.94. The molecule has 2 aromatic rings. The zero-order valence-electron chi connectivity index (χ0n) is 17.3. The van der Waals surface area contributed by atoms with Crippen LogP contribution in [0.1, 0.15) is 29.5 Å². The number of ether oxygens (including phenoxy) is 1. The van der Waals surface area contributed by atoms with Gasteiger partial charge < -0.3 is 9.64 Å². The summed E-state index contributed by atoms with van der Waals surface area (Å²) in [7, 11) is 2.02. The molecule has 158 valence electrons. The van der Waals surface area contributed by atoms with Crippen LogP contribution < -0.4 is 10.2 Å². The van der Waals surface area contributed by atoms with Crippen LogP contribution in [0, 0.1) is 25.5 Å². The van der Waals surface area contributed by atoms with Crippen LogP contribution >= 0.6 is 0 Å². The van der Waals surface area contributed by atoms with Gasteiger partial charge in [0.15, 0.2) is 0 Å². The summed E-state index contributed by atoms with van der Waals surface area (Å²) < 4.78 is 32.7. The van der Waals surface area contributed by atoms with Crippen molar-refractivity contribution in [2.45, 2.75) is 39.2 Å². The van der Waals surface area contributed by atoms with E-state index < -0.39 is 6.10 Å². The number of benzene rings is 2. The minimum absolute atomic E-state index is 0.175. The molecule has 0 unspecified atom stereocenters. The predicted molar refractivity (Wildman–Crippen MR) is 111 cm³/mol. The van der Waals surface area contributed by atoms with Crippen molar-refractivity contribution in [3.63, 3.8) is 0 Å². The van der Waals surface area contributed by atoms with Gasteiger partial charge in [0.1, 0.15) is 23.5 Å². The van der Waals surface area contributed by atoms with Crippen LogP contribution in [0.2, 0.25) is 0 Å². The quantitative estimate of drug-likeness (QED) is 0.529. The molecule has 0 aromatic heterocycles. The van der Waals surface area contributed by atoms with Gasteiger partial charge in [-0.25, -0.2) is 8.78 Å². The monoisotopic (exact) mass is 404 g/mol. The van der Waals surface area contributed by atoms with E-state index in [1.54, 1.807) is 26.0 Å². The molecule has 4 nitrogen and oxygen atoms in total. The number of nitrogens with zero attached hydrogens (tertiary/aromatic N) is 1. The minimum atomic E-state index is -0.452. The van der Waals surface area contributed by atoms with E-state index in [1.807, 2.05) is 19.2 Å². The third-order valence-corrected chi connectivity index (χ3v) is 4.94. The number of hydrogen-bond acceptors (Lipinski definition) is 4. The van der Waals surface area contributed by atoms with Crippen LogP contribution in [-0.4, -0.2) is 36.3 Å². The summed E-state index contributed by atoms with van der Waals surface area (Å²) >= 11 is 0. The van der Waals surface area contributed by atoms with Gasteiger partial charge in [-0.05, 0) is 81.2 Å². The second-order valence-electron chi connectivity index (χ2n) is 7.43. The van der Waals surface area contributed by atoms with E-state index in [4.69, 9.17) is 4.74 Å². The highest BCUT2D eigenvalue weighted by atomic mass is 19.1. The Balaban J connectivity index is 1.83. The average Bonchev–Trinajstić information content (AvgIpc) is 2.70. The van der Waals surface area contributed by atoms with E-state index in [-0.39, 0.29) is 11.6 Å². The molecule has 0 saturated heterocycles. The Morgan fingerprint density at radius 3 is 2.38 bits per heavy atom. The normalized spacial score (nSPS) is 12.1. The van der Waals surface area contributed by atoms with Gasteiger partial charge >= 0.3 is 0 Å². The van der Waals surface area contributed by atoms with Crippen molar-refractivity contribution in [2.75, 3.05) is 20.1 Å². The number of aryl methyl sites for hydroxylation is 3. The minimum Gasteiger partial charge on any atom is -0.484 e. The Morgan fingerprint density at radius 2 is 1.76 bits per heavy atom. The molecule has 2 N–H and O–H groups in total. The molecule has 2 aromatic carbocycles. The number of nitrogens with one attached hydrogen (secondary N) is 1. The van der Waals surface area contributed by atoms with Crippen LogP contribution in [0.3, 0.4) is 0 Å². The number of rotatable bonds is 11. The molecular formula is C23H30F2N2O2. The molecular weight excluding hydrogens is 374 g/mol. The van der Waals surface area contributed by atoms with Crippen molar-refractivity contribution in [2.24, 2.45) is 0 Å². The first-order valence-electron chi connectivity index (χ1n) is 9.75. The Hall–Kier alpha value is -2.44. The zero-order valence-corrected chi connectivity index (χ0v) is 17.3. The van der Waals surface area contributed by atoms with Gasteiger partial charge in [0.05, 0.1) is 5.70 Å². The highest BCUT2D eigenvalue weighted by molar-refractivity contribution is 5.29. The lowest BCUT2D eigenvalue weighted by molar-refractivity contribution is 0.135. The summed E-state index contributed by atoms with van der Waals surface area (Å²) in [5.41, 5.74) is 4.71. The van der Waals surface area contributed by atoms with Gasteiger partial charge in [-0.15, -0.1) is 0 Å². The SMILES string of the molecule is C=C(NO)[C@@H](CCN(C)CCCc1ccc(F)c(C)c1)Oc1ccc(F)c(C)c1. The summed E-state index contributed by atoms with van der Waals surface area (Å²) in [6.07, 6.45) is 1.98. The second kappa shape index (κ2) is 10.9. The van der Waals surface area contributed by atoms with Gasteiger partial charge in [-0.1, -0.05) is 18.7 Å². The van der Waals surface area contributed by atoms with Crippen LogP contribution in [-0.2, 0) is 6.42 Å². The molecule has 0 aliphatic rings. The molecule has 0 radical (unpaired) electrons. The fourth-order valence-electron chi connectivity index (χ4n) is 3.10.